The number of amides is 1. The van der Waals surface area contributed by atoms with E-state index in [-0.39, 0.29) is 11.6 Å². The zero-order valence-corrected chi connectivity index (χ0v) is 12.0. The minimum Gasteiger partial charge on any atom is -0.319 e. The summed E-state index contributed by atoms with van der Waals surface area (Å²) in [7, 11) is 0. The monoisotopic (exact) mass is 295 g/mol. The first-order valence-electron chi connectivity index (χ1n) is 6.82. The van der Waals surface area contributed by atoms with Crippen molar-refractivity contribution in [1.82, 2.24) is 9.78 Å². The second-order valence-corrected chi connectivity index (χ2v) is 4.87. The molecule has 22 heavy (non-hydrogen) atoms. The van der Waals surface area contributed by atoms with Gasteiger partial charge in [0.2, 0.25) is 0 Å². The van der Waals surface area contributed by atoms with E-state index in [1.807, 2.05) is 13.0 Å². The number of halogens is 1. The number of nitrogens with zero attached hydrogens (tertiary/aromatic N) is 2. The van der Waals surface area contributed by atoms with Gasteiger partial charge in [-0.05, 0) is 49.4 Å². The van der Waals surface area contributed by atoms with Crippen LogP contribution >= 0.6 is 0 Å². The van der Waals surface area contributed by atoms with Gasteiger partial charge in [0.15, 0.2) is 0 Å². The molecule has 0 aliphatic carbocycles. The average molecular weight is 295 g/mol. The first-order chi connectivity index (χ1) is 10.6. The molecule has 0 saturated heterocycles. The Morgan fingerprint density at radius 1 is 1.09 bits per heavy atom. The summed E-state index contributed by atoms with van der Waals surface area (Å²) in [5.41, 5.74) is 2.49. The van der Waals surface area contributed by atoms with Crippen LogP contribution in [-0.2, 0) is 0 Å². The molecule has 0 atom stereocenters. The third-order valence-corrected chi connectivity index (χ3v) is 3.33. The van der Waals surface area contributed by atoms with Crippen LogP contribution < -0.4 is 5.32 Å². The van der Waals surface area contributed by atoms with Crippen LogP contribution in [0.4, 0.5) is 10.1 Å². The van der Waals surface area contributed by atoms with Crippen LogP contribution in [0.15, 0.2) is 60.8 Å². The molecule has 3 rings (SSSR count). The molecule has 1 heterocycles. The van der Waals surface area contributed by atoms with Gasteiger partial charge in [0.25, 0.3) is 5.91 Å². The zero-order chi connectivity index (χ0) is 15.5. The lowest BCUT2D eigenvalue weighted by Crippen LogP contribution is -2.13. The van der Waals surface area contributed by atoms with Crippen molar-refractivity contribution in [3.8, 4) is 5.69 Å². The van der Waals surface area contributed by atoms with Crippen molar-refractivity contribution < 1.29 is 9.18 Å². The number of carbonyl (C=O) groups excluding carboxylic acids is 1. The van der Waals surface area contributed by atoms with Crippen LogP contribution in [0.1, 0.15) is 16.1 Å². The van der Waals surface area contributed by atoms with Gasteiger partial charge in [-0.3, -0.25) is 4.79 Å². The third-order valence-electron chi connectivity index (χ3n) is 3.33. The molecule has 3 aromatic rings. The third kappa shape index (κ3) is 2.74. The van der Waals surface area contributed by atoms with Gasteiger partial charge in [0.1, 0.15) is 5.82 Å². The molecule has 110 valence electrons. The second-order valence-electron chi connectivity index (χ2n) is 4.87. The number of aryl methyl sites for hydroxylation is 1. The first kappa shape index (κ1) is 14.0. The van der Waals surface area contributed by atoms with Crippen molar-refractivity contribution >= 4 is 11.6 Å². The minimum absolute atomic E-state index is 0.166. The van der Waals surface area contributed by atoms with Crippen molar-refractivity contribution in [2.45, 2.75) is 6.92 Å². The number of aromatic nitrogens is 2. The van der Waals surface area contributed by atoms with Gasteiger partial charge in [-0.1, -0.05) is 12.1 Å². The smallest absolute Gasteiger partial charge is 0.255 e. The topological polar surface area (TPSA) is 46.9 Å². The number of carbonyl (C=O) groups is 1. The van der Waals surface area contributed by atoms with Crippen LogP contribution in [0.3, 0.4) is 0 Å². The predicted octanol–water partition coefficient (Wildman–Crippen LogP) is 3.57. The van der Waals surface area contributed by atoms with Gasteiger partial charge in [-0.15, -0.1) is 0 Å². The summed E-state index contributed by atoms with van der Waals surface area (Å²) in [6, 6.07) is 15.0. The van der Waals surface area contributed by atoms with Crippen LogP contribution in [0.25, 0.3) is 5.69 Å². The minimum atomic E-state index is -0.459. The van der Waals surface area contributed by atoms with E-state index in [2.05, 4.69) is 10.4 Å². The van der Waals surface area contributed by atoms with E-state index in [4.69, 9.17) is 0 Å². The maximum atomic E-state index is 13.5. The van der Waals surface area contributed by atoms with Crippen LogP contribution in [0.2, 0.25) is 0 Å². The van der Waals surface area contributed by atoms with E-state index in [1.54, 1.807) is 47.3 Å². The van der Waals surface area contributed by atoms with Crippen molar-refractivity contribution in [3.05, 3.63) is 77.9 Å². The van der Waals surface area contributed by atoms with E-state index >= 15 is 0 Å². The highest BCUT2D eigenvalue weighted by atomic mass is 19.1. The number of anilines is 1. The van der Waals surface area contributed by atoms with Crippen molar-refractivity contribution in [3.63, 3.8) is 0 Å². The average Bonchev–Trinajstić information content (AvgIpc) is 2.96. The molecule has 1 N–H and O–H groups in total. The summed E-state index contributed by atoms with van der Waals surface area (Å²) in [6.07, 6.45) is 1.72. The Bertz CT molecular complexity index is 809. The Morgan fingerprint density at radius 3 is 2.45 bits per heavy atom. The number of hydrogen-bond donors (Lipinski definition) is 1. The largest absolute Gasteiger partial charge is 0.319 e. The number of rotatable bonds is 3. The number of para-hydroxylation sites is 1. The van der Waals surface area contributed by atoms with E-state index in [9.17, 15) is 9.18 Å². The van der Waals surface area contributed by atoms with Gasteiger partial charge in [-0.25, -0.2) is 9.07 Å². The van der Waals surface area contributed by atoms with E-state index < -0.39 is 5.82 Å². The Kier molecular flexibility index (Phi) is 3.70. The molecule has 4 nitrogen and oxygen atoms in total. The van der Waals surface area contributed by atoms with Crippen LogP contribution in [-0.4, -0.2) is 15.7 Å². The fourth-order valence-corrected chi connectivity index (χ4v) is 2.15. The molecule has 0 radical (unpaired) electrons. The summed E-state index contributed by atoms with van der Waals surface area (Å²) < 4.78 is 15.3. The SMILES string of the molecule is Cc1ccnn1-c1ccc(C(=O)Nc2ccccc2F)cc1. The summed E-state index contributed by atoms with van der Waals surface area (Å²) in [5, 5.41) is 6.76. The second kappa shape index (κ2) is 5.81. The molecule has 0 spiro atoms. The molecule has 0 bridgehead atoms. The van der Waals surface area contributed by atoms with Gasteiger partial charge in [-0.2, -0.15) is 5.10 Å². The molecule has 0 aliphatic rings. The predicted molar refractivity (Wildman–Crippen MR) is 82.7 cm³/mol. The fourth-order valence-electron chi connectivity index (χ4n) is 2.15. The lowest BCUT2D eigenvalue weighted by molar-refractivity contribution is 0.102. The molecule has 2 aromatic carbocycles. The molecule has 0 unspecified atom stereocenters. The van der Waals surface area contributed by atoms with Crippen LogP contribution in [0, 0.1) is 12.7 Å². The molecule has 0 fully saturated rings. The maximum absolute atomic E-state index is 13.5. The van der Waals surface area contributed by atoms with Gasteiger partial charge < -0.3 is 5.32 Å². The maximum Gasteiger partial charge on any atom is 0.255 e. The zero-order valence-electron chi connectivity index (χ0n) is 12.0. The highest BCUT2D eigenvalue weighted by Gasteiger charge is 2.09. The quantitative estimate of drug-likeness (QED) is 0.803. The van der Waals surface area contributed by atoms with E-state index in [0.717, 1.165) is 11.4 Å². The summed E-state index contributed by atoms with van der Waals surface area (Å²) in [5.74, 6) is -0.812. The Labute approximate surface area is 127 Å². The molecule has 0 saturated carbocycles. The summed E-state index contributed by atoms with van der Waals surface area (Å²) in [6.45, 7) is 1.95. The molecule has 1 amide bonds. The first-order valence-corrected chi connectivity index (χ1v) is 6.82. The van der Waals surface area contributed by atoms with Crippen LogP contribution in [0.5, 0.6) is 0 Å². The normalized spacial score (nSPS) is 10.5. The summed E-state index contributed by atoms with van der Waals surface area (Å²) >= 11 is 0. The highest BCUT2D eigenvalue weighted by Crippen LogP contribution is 2.15. The summed E-state index contributed by atoms with van der Waals surface area (Å²) in [4.78, 5) is 12.1. The molecule has 5 heteroatoms. The van der Waals surface area contributed by atoms with Crippen molar-refractivity contribution in [2.75, 3.05) is 5.32 Å². The standard InChI is InChI=1S/C17H14FN3O/c1-12-10-11-19-21(12)14-8-6-13(7-9-14)17(22)20-16-5-3-2-4-15(16)18/h2-11H,1H3,(H,20,22). The number of hydrogen-bond acceptors (Lipinski definition) is 2. The molecular formula is C17H14FN3O. The van der Waals surface area contributed by atoms with Crippen molar-refractivity contribution in [2.24, 2.45) is 0 Å². The molecule has 0 aliphatic heterocycles. The Balaban J connectivity index is 1.80. The lowest BCUT2D eigenvalue weighted by atomic mass is 10.2. The number of nitrogens with one attached hydrogen (secondary N) is 1. The van der Waals surface area contributed by atoms with Gasteiger partial charge in [0, 0.05) is 17.5 Å². The fraction of sp³-hybridized carbons (Fsp3) is 0.0588. The Morgan fingerprint density at radius 2 is 1.82 bits per heavy atom. The van der Waals surface area contributed by atoms with E-state index in [1.165, 1.54) is 12.1 Å². The lowest BCUT2D eigenvalue weighted by Gasteiger charge is -2.08. The molecule has 1 aromatic heterocycles. The Hall–Kier alpha value is -2.95. The van der Waals surface area contributed by atoms with Gasteiger partial charge in [0.05, 0.1) is 11.4 Å². The number of benzene rings is 2. The van der Waals surface area contributed by atoms with E-state index in [0.29, 0.717) is 5.56 Å². The van der Waals surface area contributed by atoms with Crippen molar-refractivity contribution in [1.29, 1.82) is 0 Å². The van der Waals surface area contributed by atoms with Gasteiger partial charge >= 0.3 is 0 Å². The highest BCUT2D eigenvalue weighted by molar-refractivity contribution is 6.04. The molecular weight excluding hydrogens is 281 g/mol.